The quantitative estimate of drug-likeness (QED) is 0.765. The van der Waals surface area contributed by atoms with Crippen LogP contribution in [-0.4, -0.2) is 25.2 Å². The Balaban J connectivity index is 1.29. The number of rotatable bonds is 4. The van der Waals surface area contributed by atoms with E-state index in [4.69, 9.17) is 4.74 Å². The Hall–Kier alpha value is -2.33. The van der Waals surface area contributed by atoms with E-state index in [0.717, 1.165) is 36.8 Å². The molecule has 0 spiro atoms. The highest BCUT2D eigenvalue weighted by Gasteiger charge is 2.53. The van der Waals surface area contributed by atoms with Crippen LogP contribution in [0.15, 0.2) is 48.5 Å². The van der Waals surface area contributed by atoms with Gasteiger partial charge in [0, 0.05) is 24.4 Å². The Labute approximate surface area is 178 Å². The predicted molar refractivity (Wildman–Crippen MR) is 118 cm³/mol. The van der Waals surface area contributed by atoms with Crippen LogP contribution in [0.2, 0.25) is 0 Å². The van der Waals surface area contributed by atoms with Gasteiger partial charge in [0.1, 0.15) is 0 Å². The minimum atomic E-state index is 0.0261. The minimum Gasteiger partial charge on any atom is -0.378 e. The summed E-state index contributed by atoms with van der Waals surface area (Å²) in [4.78, 5) is 12.8. The molecule has 0 aromatic heterocycles. The molecular weight excluding hydrogens is 372 g/mol. The third-order valence-corrected chi connectivity index (χ3v) is 8.02. The van der Waals surface area contributed by atoms with E-state index in [1.165, 1.54) is 36.1 Å². The molecule has 2 bridgehead atoms. The Kier molecular flexibility index (Phi) is 4.56. The summed E-state index contributed by atoms with van der Waals surface area (Å²) in [6.07, 6.45) is 6.35. The summed E-state index contributed by atoms with van der Waals surface area (Å²) in [5.41, 5.74) is 4.76. The lowest BCUT2D eigenvalue weighted by Gasteiger charge is -2.43. The first-order valence-corrected chi connectivity index (χ1v) is 11.6. The largest absolute Gasteiger partial charge is 0.378 e. The van der Waals surface area contributed by atoms with Gasteiger partial charge in [-0.2, -0.15) is 0 Å². The van der Waals surface area contributed by atoms with Gasteiger partial charge in [0.2, 0.25) is 0 Å². The van der Waals surface area contributed by atoms with Crippen LogP contribution < -0.4 is 10.6 Å². The van der Waals surface area contributed by atoms with Gasteiger partial charge in [-0.05, 0) is 85.1 Å². The SMILES string of the molecule is O=C(NC[C@@H]1CCCO1)c1ccc2c(c1)[C@@H]1[C@@H]3CC[C@@H](C3)[C@@H]1[C@@H](c1ccccc1)N2. The Morgan fingerprint density at radius 1 is 1.07 bits per heavy atom. The molecular formula is C26H30N2O2. The molecule has 2 aromatic rings. The van der Waals surface area contributed by atoms with Crippen molar-refractivity contribution < 1.29 is 9.53 Å². The van der Waals surface area contributed by atoms with Gasteiger partial charge in [-0.1, -0.05) is 30.3 Å². The monoisotopic (exact) mass is 402 g/mol. The van der Waals surface area contributed by atoms with Crippen molar-refractivity contribution >= 4 is 11.6 Å². The molecule has 2 aromatic carbocycles. The molecule has 6 rings (SSSR count). The van der Waals surface area contributed by atoms with E-state index < -0.39 is 0 Å². The maximum atomic E-state index is 12.8. The molecule has 6 atom stereocenters. The fourth-order valence-electron chi connectivity index (χ4n) is 6.73. The van der Waals surface area contributed by atoms with Crippen molar-refractivity contribution in [2.45, 2.75) is 50.2 Å². The molecule has 4 nitrogen and oxygen atoms in total. The number of fused-ring (bicyclic) bond motifs is 7. The number of anilines is 1. The van der Waals surface area contributed by atoms with E-state index in [9.17, 15) is 4.79 Å². The van der Waals surface area contributed by atoms with E-state index in [1.807, 2.05) is 6.07 Å². The smallest absolute Gasteiger partial charge is 0.251 e. The van der Waals surface area contributed by atoms with Crippen molar-refractivity contribution in [2.24, 2.45) is 17.8 Å². The molecule has 0 unspecified atom stereocenters. The lowest BCUT2D eigenvalue weighted by atomic mass is 9.68. The van der Waals surface area contributed by atoms with Crippen molar-refractivity contribution in [3.05, 3.63) is 65.2 Å². The van der Waals surface area contributed by atoms with Crippen molar-refractivity contribution in [1.29, 1.82) is 0 Å². The third kappa shape index (κ3) is 3.04. The van der Waals surface area contributed by atoms with Crippen LogP contribution in [-0.2, 0) is 4.74 Å². The van der Waals surface area contributed by atoms with E-state index in [2.05, 4.69) is 53.1 Å². The second-order valence-electron chi connectivity index (χ2n) is 9.62. The van der Waals surface area contributed by atoms with Gasteiger partial charge in [-0.25, -0.2) is 0 Å². The standard InChI is InChI=1S/C26H30N2O2/c29-26(27-15-20-7-4-12-30-20)19-10-11-22-21(14-19)23-17-8-9-18(13-17)24(23)25(28-22)16-5-2-1-3-6-16/h1-3,5-6,10-11,14,17-18,20,23-25,28H,4,7-9,12-13,15H2,(H,27,29)/t17-,18+,20+,23+,24+,25-/m1/s1. The first-order chi connectivity index (χ1) is 14.8. The molecule has 1 saturated heterocycles. The van der Waals surface area contributed by atoms with Crippen molar-refractivity contribution in [1.82, 2.24) is 5.32 Å². The molecule has 3 fully saturated rings. The van der Waals surface area contributed by atoms with E-state index in [0.29, 0.717) is 24.4 Å². The number of carbonyl (C=O) groups excluding carboxylic acids is 1. The van der Waals surface area contributed by atoms with E-state index in [-0.39, 0.29) is 12.0 Å². The number of nitrogens with one attached hydrogen (secondary N) is 2. The van der Waals surface area contributed by atoms with Gasteiger partial charge in [-0.3, -0.25) is 4.79 Å². The molecule has 4 heteroatoms. The number of ether oxygens (including phenoxy) is 1. The van der Waals surface area contributed by atoms with Gasteiger partial charge in [0.25, 0.3) is 5.91 Å². The van der Waals surface area contributed by atoms with Crippen LogP contribution in [0.1, 0.15) is 65.5 Å². The molecule has 2 N–H and O–H groups in total. The molecule has 30 heavy (non-hydrogen) atoms. The zero-order chi connectivity index (χ0) is 20.1. The lowest BCUT2D eigenvalue weighted by Crippen LogP contribution is -2.36. The molecule has 4 aliphatic rings. The summed E-state index contributed by atoms with van der Waals surface area (Å²) in [5.74, 6) is 2.78. The maximum absolute atomic E-state index is 12.8. The summed E-state index contributed by atoms with van der Waals surface area (Å²) >= 11 is 0. The molecule has 2 heterocycles. The summed E-state index contributed by atoms with van der Waals surface area (Å²) in [5, 5.41) is 6.95. The summed E-state index contributed by atoms with van der Waals surface area (Å²) in [6, 6.07) is 17.6. The normalized spacial score (nSPS) is 33.6. The topological polar surface area (TPSA) is 50.4 Å². The molecule has 2 aliphatic heterocycles. The second-order valence-corrected chi connectivity index (χ2v) is 9.62. The molecule has 1 amide bonds. The van der Waals surface area contributed by atoms with Crippen LogP contribution >= 0.6 is 0 Å². The molecule has 2 saturated carbocycles. The van der Waals surface area contributed by atoms with Crippen LogP contribution in [0.3, 0.4) is 0 Å². The Bertz CT molecular complexity index is 937. The third-order valence-electron chi connectivity index (χ3n) is 8.02. The predicted octanol–water partition coefficient (Wildman–Crippen LogP) is 4.89. The lowest BCUT2D eigenvalue weighted by molar-refractivity contribution is 0.0857. The minimum absolute atomic E-state index is 0.0261. The Morgan fingerprint density at radius 3 is 2.77 bits per heavy atom. The maximum Gasteiger partial charge on any atom is 0.251 e. The number of benzene rings is 2. The average Bonchev–Trinajstić information content (AvgIpc) is 3.55. The number of hydrogen-bond acceptors (Lipinski definition) is 3. The first-order valence-electron chi connectivity index (χ1n) is 11.6. The first kappa shape index (κ1) is 18.4. The number of carbonyl (C=O) groups is 1. The van der Waals surface area contributed by atoms with Crippen LogP contribution in [0.4, 0.5) is 5.69 Å². The van der Waals surface area contributed by atoms with Crippen LogP contribution in [0.5, 0.6) is 0 Å². The molecule has 0 radical (unpaired) electrons. The Morgan fingerprint density at radius 2 is 1.93 bits per heavy atom. The van der Waals surface area contributed by atoms with E-state index >= 15 is 0 Å². The second kappa shape index (κ2) is 7.42. The fourth-order valence-corrected chi connectivity index (χ4v) is 6.73. The summed E-state index contributed by atoms with van der Waals surface area (Å²) in [6.45, 7) is 1.43. The summed E-state index contributed by atoms with van der Waals surface area (Å²) < 4.78 is 5.65. The van der Waals surface area contributed by atoms with Crippen molar-refractivity contribution in [3.63, 3.8) is 0 Å². The molecule has 156 valence electrons. The van der Waals surface area contributed by atoms with E-state index in [1.54, 1.807) is 0 Å². The average molecular weight is 403 g/mol. The van der Waals surface area contributed by atoms with Crippen LogP contribution in [0, 0.1) is 17.8 Å². The van der Waals surface area contributed by atoms with Gasteiger partial charge >= 0.3 is 0 Å². The fraction of sp³-hybridized carbons (Fsp3) is 0.500. The van der Waals surface area contributed by atoms with Crippen molar-refractivity contribution in [3.8, 4) is 0 Å². The zero-order valence-corrected chi connectivity index (χ0v) is 17.3. The number of hydrogen-bond donors (Lipinski definition) is 2. The van der Waals surface area contributed by atoms with Gasteiger partial charge in [0.15, 0.2) is 0 Å². The van der Waals surface area contributed by atoms with Gasteiger partial charge in [-0.15, -0.1) is 0 Å². The van der Waals surface area contributed by atoms with Gasteiger partial charge < -0.3 is 15.4 Å². The molecule has 2 aliphatic carbocycles. The highest BCUT2D eigenvalue weighted by atomic mass is 16.5. The van der Waals surface area contributed by atoms with Crippen molar-refractivity contribution in [2.75, 3.05) is 18.5 Å². The number of amides is 1. The van der Waals surface area contributed by atoms with Gasteiger partial charge in [0.05, 0.1) is 12.1 Å². The highest BCUT2D eigenvalue weighted by Crippen LogP contribution is 2.63. The zero-order valence-electron chi connectivity index (χ0n) is 17.3. The summed E-state index contributed by atoms with van der Waals surface area (Å²) in [7, 11) is 0. The highest BCUT2D eigenvalue weighted by molar-refractivity contribution is 5.95. The van der Waals surface area contributed by atoms with Crippen LogP contribution in [0.25, 0.3) is 0 Å².